The van der Waals surface area contributed by atoms with E-state index in [0.717, 1.165) is 0 Å². The van der Waals surface area contributed by atoms with Crippen LogP contribution in [-0.4, -0.2) is 56.2 Å². The van der Waals surface area contributed by atoms with E-state index in [4.69, 9.17) is 24.3 Å². The smallest absolute Gasteiger partial charge is 0.479 e. The van der Waals surface area contributed by atoms with E-state index in [0.29, 0.717) is 11.2 Å². The van der Waals surface area contributed by atoms with Gasteiger partial charge in [0.2, 0.25) is 11.8 Å². The quantitative estimate of drug-likeness (QED) is 0.713. The van der Waals surface area contributed by atoms with Crippen LogP contribution < -0.4 is 10.5 Å². The SMILES string of the molecule is COc1nc(N)nc2c1ncn2[C@@H]1O[C@@H]2CO[P+](=O)O[C@H]2C1(C)O. The second-order valence-electron chi connectivity index (χ2n) is 5.71. The van der Waals surface area contributed by atoms with Crippen molar-refractivity contribution >= 4 is 25.4 Å². The second kappa shape index (κ2) is 5.30. The standard InChI is InChI=1S/C12H15N5O6P/c1-12(18)7-5(3-21-24(19)23-7)22-10(12)17-4-14-6-8(17)15-11(13)16-9(6)20-2/h4-5,7,10,18H,3H2,1-2H3,(H2,13,15,16)/q+1/t5-,7-,10-,12?/m1/s1. The van der Waals surface area contributed by atoms with Gasteiger partial charge in [0.1, 0.15) is 18.3 Å². The highest BCUT2D eigenvalue weighted by Gasteiger charge is 2.61. The summed E-state index contributed by atoms with van der Waals surface area (Å²) in [6, 6.07) is 0. The third-order valence-electron chi connectivity index (χ3n) is 4.11. The van der Waals surface area contributed by atoms with Crippen molar-refractivity contribution in [2.75, 3.05) is 19.5 Å². The Labute approximate surface area is 136 Å². The van der Waals surface area contributed by atoms with Gasteiger partial charge >= 0.3 is 8.25 Å². The van der Waals surface area contributed by atoms with Gasteiger partial charge in [-0.3, -0.25) is 4.57 Å². The minimum absolute atomic E-state index is 0.00109. The number of aliphatic hydroxyl groups is 1. The number of ether oxygens (including phenoxy) is 2. The fraction of sp³-hybridized carbons (Fsp3) is 0.583. The Balaban J connectivity index is 1.80. The van der Waals surface area contributed by atoms with Gasteiger partial charge in [-0.1, -0.05) is 0 Å². The van der Waals surface area contributed by atoms with Gasteiger partial charge in [-0.05, 0) is 6.92 Å². The molecule has 2 aliphatic rings. The molecule has 5 atom stereocenters. The number of methoxy groups -OCH3 is 1. The summed E-state index contributed by atoms with van der Waals surface area (Å²) < 4.78 is 34.2. The number of hydrogen-bond donors (Lipinski definition) is 2. The van der Waals surface area contributed by atoms with Gasteiger partial charge in [0.25, 0.3) is 0 Å². The molecule has 0 aliphatic carbocycles. The van der Waals surface area contributed by atoms with Gasteiger partial charge in [0.15, 0.2) is 23.5 Å². The first-order valence-corrected chi connectivity index (χ1v) is 8.20. The molecule has 0 amide bonds. The highest BCUT2D eigenvalue weighted by atomic mass is 31.1. The summed E-state index contributed by atoms with van der Waals surface area (Å²) in [5.41, 5.74) is 4.93. The monoisotopic (exact) mass is 356 g/mol. The lowest BCUT2D eigenvalue weighted by atomic mass is 9.96. The summed E-state index contributed by atoms with van der Waals surface area (Å²) in [6.45, 7) is 1.59. The molecule has 2 aromatic heterocycles. The fourth-order valence-corrected chi connectivity index (χ4v) is 3.88. The molecule has 4 heterocycles. The van der Waals surface area contributed by atoms with Crippen molar-refractivity contribution in [1.82, 2.24) is 19.5 Å². The molecule has 0 bridgehead atoms. The Morgan fingerprint density at radius 3 is 3.08 bits per heavy atom. The van der Waals surface area contributed by atoms with Gasteiger partial charge in [0, 0.05) is 4.57 Å². The molecule has 2 aromatic rings. The van der Waals surface area contributed by atoms with E-state index < -0.39 is 32.3 Å². The Hall–Kier alpha value is -1.91. The van der Waals surface area contributed by atoms with Crippen molar-refractivity contribution in [3.63, 3.8) is 0 Å². The Bertz CT molecular complexity index is 826. The maximum atomic E-state index is 11.5. The molecule has 2 fully saturated rings. The molecule has 0 spiro atoms. The number of anilines is 1. The third-order valence-corrected chi connectivity index (χ3v) is 4.87. The zero-order chi connectivity index (χ0) is 17.1. The molecular weight excluding hydrogens is 341 g/mol. The summed E-state index contributed by atoms with van der Waals surface area (Å²) in [7, 11) is -0.843. The second-order valence-corrected chi connectivity index (χ2v) is 6.63. The Kier molecular flexibility index (Phi) is 3.44. The molecule has 2 saturated heterocycles. The summed E-state index contributed by atoms with van der Waals surface area (Å²) in [5.74, 6) is 0.216. The van der Waals surface area contributed by atoms with Crippen LogP contribution in [0.2, 0.25) is 0 Å². The van der Waals surface area contributed by atoms with Crippen LogP contribution >= 0.6 is 8.25 Å². The number of aromatic nitrogens is 4. The molecule has 11 nitrogen and oxygen atoms in total. The fourth-order valence-electron chi connectivity index (χ4n) is 3.02. The minimum atomic E-state index is -2.29. The largest absolute Gasteiger partial charge is 0.697 e. The number of nitrogens with two attached hydrogens (primary N) is 1. The predicted octanol–water partition coefficient (Wildman–Crippen LogP) is 0.138. The van der Waals surface area contributed by atoms with Crippen molar-refractivity contribution in [1.29, 1.82) is 0 Å². The first-order valence-electron chi connectivity index (χ1n) is 7.10. The van der Waals surface area contributed by atoms with Crippen molar-refractivity contribution in [3.8, 4) is 5.88 Å². The third kappa shape index (κ3) is 2.17. The zero-order valence-electron chi connectivity index (χ0n) is 12.8. The lowest BCUT2D eigenvalue weighted by Crippen LogP contribution is -2.46. The van der Waals surface area contributed by atoms with Crippen molar-refractivity contribution in [2.45, 2.75) is 31.0 Å². The number of imidazole rings is 1. The van der Waals surface area contributed by atoms with Crippen molar-refractivity contribution in [2.24, 2.45) is 0 Å². The highest BCUT2D eigenvalue weighted by Crippen LogP contribution is 2.48. The highest BCUT2D eigenvalue weighted by molar-refractivity contribution is 7.33. The number of hydrogen-bond acceptors (Lipinski definition) is 10. The number of nitrogens with zero attached hydrogens (tertiary/aromatic N) is 4. The van der Waals surface area contributed by atoms with Gasteiger partial charge in [-0.25, -0.2) is 4.98 Å². The molecular formula is C12H15N5O6P+. The van der Waals surface area contributed by atoms with E-state index in [-0.39, 0.29) is 18.4 Å². The zero-order valence-corrected chi connectivity index (χ0v) is 13.7. The van der Waals surface area contributed by atoms with Crippen molar-refractivity contribution < 1.29 is 28.2 Å². The van der Waals surface area contributed by atoms with Crippen LogP contribution in [0.15, 0.2) is 6.33 Å². The van der Waals surface area contributed by atoms with Crippen LogP contribution in [0, 0.1) is 0 Å². The van der Waals surface area contributed by atoms with Crippen LogP contribution in [0.25, 0.3) is 11.2 Å². The van der Waals surface area contributed by atoms with Gasteiger partial charge in [-0.15, -0.1) is 9.05 Å². The van der Waals surface area contributed by atoms with Gasteiger partial charge in [0.05, 0.1) is 13.4 Å². The maximum Gasteiger partial charge on any atom is 0.697 e. The molecule has 2 unspecified atom stereocenters. The molecule has 24 heavy (non-hydrogen) atoms. The average Bonchev–Trinajstić information content (AvgIpc) is 3.05. The molecule has 0 saturated carbocycles. The van der Waals surface area contributed by atoms with Crippen LogP contribution in [-0.2, 0) is 18.3 Å². The lowest BCUT2D eigenvalue weighted by Gasteiger charge is -2.27. The van der Waals surface area contributed by atoms with Crippen LogP contribution in [0.4, 0.5) is 5.95 Å². The topological polar surface area (TPSA) is 144 Å². The van der Waals surface area contributed by atoms with Gasteiger partial charge < -0.3 is 20.3 Å². The van der Waals surface area contributed by atoms with Crippen LogP contribution in [0.3, 0.4) is 0 Å². The summed E-state index contributed by atoms with van der Waals surface area (Å²) in [4.78, 5) is 12.3. The first-order chi connectivity index (χ1) is 11.4. The summed E-state index contributed by atoms with van der Waals surface area (Å²) in [6.07, 6.45) is -0.824. The Morgan fingerprint density at radius 2 is 2.33 bits per heavy atom. The predicted molar refractivity (Wildman–Crippen MR) is 79.3 cm³/mol. The van der Waals surface area contributed by atoms with Crippen LogP contribution in [0.5, 0.6) is 5.88 Å². The Morgan fingerprint density at radius 1 is 1.54 bits per heavy atom. The summed E-state index contributed by atoms with van der Waals surface area (Å²) in [5, 5.41) is 10.9. The molecule has 2 aliphatic heterocycles. The molecule has 4 rings (SSSR count). The molecule has 0 radical (unpaired) electrons. The molecule has 128 valence electrons. The minimum Gasteiger partial charge on any atom is -0.479 e. The van der Waals surface area contributed by atoms with E-state index in [9.17, 15) is 9.67 Å². The molecule has 0 aromatic carbocycles. The number of rotatable bonds is 2. The summed E-state index contributed by atoms with van der Waals surface area (Å²) >= 11 is 0. The van der Waals surface area contributed by atoms with Crippen molar-refractivity contribution in [3.05, 3.63) is 6.33 Å². The van der Waals surface area contributed by atoms with E-state index in [2.05, 4.69) is 15.0 Å². The van der Waals surface area contributed by atoms with E-state index in [1.165, 1.54) is 24.9 Å². The average molecular weight is 356 g/mol. The van der Waals surface area contributed by atoms with E-state index in [1.54, 1.807) is 0 Å². The maximum absolute atomic E-state index is 11.5. The lowest BCUT2D eigenvalue weighted by molar-refractivity contribution is -0.0884. The van der Waals surface area contributed by atoms with Crippen LogP contribution in [0.1, 0.15) is 13.2 Å². The van der Waals surface area contributed by atoms with Gasteiger partial charge in [-0.2, -0.15) is 9.97 Å². The normalized spacial score (nSPS) is 34.5. The molecule has 12 heteroatoms. The number of nitrogen functional groups attached to an aromatic ring is 1. The first kappa shape index (κ1) is 15.6. The molecule has 3 N–H and O–H groups in total. The number of fused-ring (bicyclic) bond motifs is 2. The van der Waals surface area contributed by atoms with E-state index >= 15 is 0 Å². The van der Waals surface area contributed by atoms with E-state index in [1.807, 2.05) is 0 Å².